The summed E-state index contributed by atoms with van der Waals surface area (Å²) in [4.78, 5) is 0. The van der Waals surface area contributed by atoms with Gasteiger partial charge in [0.1, 0.15) is 0 Å². The van der Waals surface area contributed by atoms with Gasteiger partial charge in [-0.05, 0) is 41.8 Å². The number of nitrogens with two attached hydrogens (primary N) is 1. The second-order valence-corrected chi connectivity index (χ2v) is 4.77. The van der Waals surface area contributed by atoms with Crippen molar-refractivity contribution in [1.29, 1.82) is 0 Å². The fourth-order valence-electron chi connectivity index (χ4n) is 1.94. The zero-order valence-electron chi connectivity index (χ0n) is 10.6. The standard InChI is InChI=1S/C15H15ClFNO/c1-19-15-9-11(5-6-13(15)17)14(18)8-10-3-2-4-12(16)7-10/h2-7,9,14H,8,18H2,1H3. The maximum atomic E-state index is 13.3. The van der Waals surface area contributed by atoms with E-state index in [2.05, 4.69) is 0 Å². The molecule has 0 saturated heterocycles. The van der Waals surface area contributed by atoms with Gasteiger partial charge < -0.3 is 10.5 Å². The number of hydrogen-bond acceptors (Lipinski definition) is 2. The first-order chi connectivity index (χ1) is 9.10. The molecule has 0 heterocycles. The van der Waals surface area contributed by atoms with Crippen molar-refractivity contribution < 1.29 is 9.13 Å². The van der Waals surface area contributed by atoms with Crippen LogP contribution in [-0.4, -0.2) is 7.11 Å². The van der Waals surface area contributed by atoms with E-state index in [1.807, 2.05) is 24.3 Å². The topological polar surface area (TPSA) is 35.2 Å². The van der Waals surface area contributed by atoms with Crippen LogP contribution in [0.4, 0.5) is 4.39 Å². The minimum atomic E-state index is -0.388. The Morgan fingerprint density at radius 3 is 2.74 bits per heavy atom. The van der Waals surface area contributed by atoms with Crippen LogP contribution in [0.15, 0.2) is 42.5 Å². The van der Waals surface area contributed by atoms with Gasteiger partial charge in [0.2, 0.25) is 0 Å². The summed E-state index contributed by atoms with van der Waals surface area (Å²) in [5, 5.41) is 0.682. The SMILES string of the molecule is COc1cc(C(N)Cc2cccc(Cl)c2)ccc1F. The average molecular weight is 280 g/mol. The Kier molecular flexibility index (Phi) is 4.40. The normalized spacial score (nSPS) is 12.2. The van der Waals surface area contributed by atoms with E-state index >= 15 is 0 Å². The highest BCUT2D eigenvalue weighted by atomic mass is 35.5. The van der Waals surface area contributed by atoms with Crippen LogP contribution < -0.4 is 10.5 Å². The second-order valence-electron chi connectivity index (χ2n) is 4.33. The zero-order chi connectivity index (χ0) is 13.8. The number of benzene rings is 2. The first-order valence-corrected chi connectivity index (χ1v) is 6.31. The predicted octanol–water partition coefficient (Wildman–Crippen LogP) is 3.73. The lowest BCUT2D eigenvalue weighted by Gasteiger charge is -2.14. The van der Waals surface area contributed by atoms with Crippen molar-refractivity contribution in [2.24, 2.45) is 5.73 Å². The molecule has 0 aromatic heterocycles. The van der Waals surface area contributed by atoms with Gasteiger partial charge in [0, 0.05) is 11.1 Å². The minimum Gasteiger partial charge on any atom is -0.494 e. The molecule has 0 aliphatic heterocycles. The van der Waals surface area contributed by atoms with E-state index in [1.54, 1.807) is 12.1 Å². The molecule has 19 heavy (non-hydrogen) atoms. The Balaban J connectivity index is 2.18. The van der Waals surface area contributed by atoms with Gasteiger partial charge in [0.25, 0.3) is 0 Å². The molecule has 0 bridgehead atoms. The zero-order valence-corrected chi connectivity index (χ0v) is 11.3. The third-order valence-electron chi connectivity index (χ3n) is 2.95. The summed E-state index contributed by atoms with van der Waals surface area (Å²) in [7, 11) is 1.44. The average Bonchev–Trinajstić information content (AvgIpc) is 2.39. The number of rotatable bonds is 4. The number of ether oxygens (including phenoxy) is 1. The molecule has 0 radical (unpaired) electrons. The maximum absolute atomic E-state index is 13.3. The summed E-state index contributed by atoms with van der Waals surface area (Å²) < 4.78 is 18.3. The number of methoxy groups -OCH3 is 1. The molecule has 0 amide bonds. The van der Waals surface area contributed by atoms with Crippen molar-refractivity contribution in [3.63, 3.8) is 0 Å². The van der Waals surface area contributed by atoms with E-state index in [4.69, 9.17) is 22.1 Å². The van der Waals surface area contributed by atoms with Crippen LogP contribution in [0.3, 0.4) is 0 Å². The highest BCUT2D eigenvalue weighted by molar-refractivity contribution is 6.30. The molecule has 4 heteroatoms. The fraction of sp³-hybridized carbons (Fsp3) is 0.200. The lowest BCUT2D eigenvalue weighted by atomic mass is 9.99. The molecule has 2 rings (SSSR count). The van der Waals surface area contributed by atoms with Crippen molar-refractivity contribution in [3.8, 4) is 5.75 Å². The third-order valence-corrected chi connectivity index (χ3v) is 3.18. The van der Waals surface area contributed by atoms with Gasteiger partial charge in [-0.15, -0.1) is 0 Å². The van der Waals surface area contributed by atoms with Gasteiger partial charge in [0.15, 0.2) is 11.6 Å². The predicted molar refractivity (Wildman–Crippen MR) is 75.0 cm³/mol. The van der Waals surface area contributed by atoms with E-state index in [1.165, 1.54) is 13.2 Å². The minimum absolute atomic E-state index is 0.207. The van der Waals surface area contributed by atoms with Crippen LogP contribution >= 0.6 is 11.6 Å². The van der Waals surface area contributed by atoms with Gasteiger partial charge >= 0.3 is 0 Å². The van der Waals surface area contributed by atoms with Crippen LogP contribution in [0.5, 0.6) is 5.75 Å². The first kappa shape index (κ1) is 13.8. The molecule has 1 unspecified atom stereocenters. The van der Waals surface area contributed by atoms with E-state index in [9.17, 15) is 4.39 Å². The smallest absolute Gasteiger partial charge is 0.165 e. The summed E-state index contributed by atoms with van der Waals surface area (Å²) in [5.41, 5.74) is 8.01. The summed E-state index contributed by atoms with van der Waals surface area (Å²) in [6.07, 6.45) is 0.634. The molecular formula is C15H15ClFNO. The van der Waals surface area contributed by atoms with Crippen LogP contribution in [0.2, 0.25) is 5.02 Å². The largest absolute Gasteiger partial charge is 0.494 e. The van der Waals surface area contributed by atoms with Gasteiger partial charge in [0.05, 0.1) is 7.11 Å². The first-order valence-electron chi connectivity index (χ1n) is 5.93. The van der Waals surface area contributed by atoms with Gasteiger partial charge in [-0.3, -0.25) is 0 Å². The Hall–Kier alpha value is -1.58. The van der Waals surface area contributed by atoms with Gasteiger partial charge in [-0.25, -0.2) is 4.39 Å². The highest BCUT2D eigenvalue weighted by Gasteiger charge is 2.11. The molecule has 2 nitrogen and oxygen atoms in total. The molecule has 0 aliphatic rings. The Morgan fingerprint density at radius 1 is 1.26 bits per heavy atom. The van der Waals surface area contributed by atoms with Gasteiger partial charge in [-0.2, -0.15) is 0 Å². The molecule has 0 saturated carbocycles. The van der Waals surface area contributed by atoms with Crippen molar-refractivity contribution in [1.82, 2.24) is 0 Å². The second kappa shape index (κ2) is 6.04. The summed E-state index contributed by atoms with van der Waals surface area (Å²) >= 11 is 5.93. The number of halogens is 2. The molecule has 100 valence electrons. The summed E-state index contributed by atoms with van der Waals surface area (Å²) in [6.45, 7) is 0. The molecule has 2 aromatic carbocycles. The monoisotopic (exact) mass is 279 g/mol. The molecule has 1 atom stereocenters. The van der Waals surface area contributed by atoms with Crippen LogP contribution in [-0.2, 0) is 6.42 Å². The van der Waals surface area contributed by atoms with Crippen LogP contribution in [0, 0.1) is 5.82 Å². The van der Waals surface area contributed by atoms with Crippen molar-refractivity contribution in [2.75, 3.05) is 7.11 Å². The van der Waals surface area contributed by atoms with E-state index in [0.717, 1.165) is 11.1 Å². The quantitative estimate of drug-likeness (QED) is 0.925. The Morgan fingerprint density at radius 2 is 2.05 bits per heavy atom. The molecule has 2 aromatic rings. The number of hydrogen-bond donors (Lipinski definition) is 1. The van der Waals surface area contributed by atoms with Crippen molar-refractivity contribution in [3.05, 3.63) is 64.4 Å². The van der Waals surface area contributed by atoms with E-state index < -0.39 is 0 Å². The van der Waals surface area contributed by atoms with Crippen molar-refractivity contribution in [2.45, 2.75) is 12.5 Å². The summed E-state index contributed by atoms with van der Waals surface area (Å²) in [5.74, 6) is -0.180. The molecule has 0 spiro atoms. The Labute approximate surface area is 117 Å². The highest BCUT2D eigenvalue weighted by Crippen LogP contribution is 2.24. The summed E-state index contributed by atoms with van der Waals surface area (Å²) in [6, 6.07) is 12.0. The molecular weight excluding hydrogens is 265 g/mol. The maximum Gasteiger partial charge on any atom is 0.165 e. The van der Waals surface area contributed by atoms with E-state index in [0.29, 0.717) is 11.4 Å². The molecule has 2 N–H and O–H groups in total. The van der Waals surface area contributed by atoms with Crippen LogP contribution in [0.25, 0.3) is 0 Å². The van der Waals surface area contributed by atoms with Crippen LogP contribution in [0.1, 0.15) is 17.2 Å². The Bertz CT molecular complexity index is 574. The van der Waals surface area contributed by atoms with Crippen molar-refractivity contribution >= 4 is 11.6 Å². The lowest BCUT2D eigenvalue weighted by Crippen LogP contribution is -2.13. The van der Waals surface area contributed by atoms with E-state index in [-0.39, 0.29) is 17.6 Å². The lowest BCUT2D eigenvalue weighted by molar-refractivity contribution is 0.385. The van der Waals surface area contributed by atoms with Gasteiger partial charge in [-0.1, -0.05) is 29.8 Å². The molecule has 0 fully saturated rings. The third kappa shape index (κ3) is 3.46. The fourth-order valence-corrected chi connectivity index (χ4v) is 2.16. The molecule has 0 aliphatic carbocycles.